The zero-order chi connectivity index (χ0) is 13.9. The summed E-state index contributed by atoms with van der Waals surface area (Å²) in [6.45, 7) is 0.441. The molecular formula is C14H14N4O2. The van der Waals surface area contributed by atoms with Crippen LogP contribution in [0.3, 0.4) is 0 Å². The second kappa shape index (κ2) is 5.08. The first-order valence-corrected chi connectivity index (χ1v) is 6.20. The van der Waals surface area contributed by atoms with E-state index < -0.39 is 0 Å². The molecule has 3 rings (SSSR count). The molecule has 3 aromatic rings. The summed E-state index contributed by atoms with van der Waals surface area (Å²) in [5, 5.41) is 10.5. The number of hydrogen-bond donors (Lipinski definition) is 3. The molecule has 102 valence electrons. The number of rotatable bonds is 4. The highest BCUT2D eigenvalue weighted by Gasteiger charge is 2.14. The number of nitrogens with one attached hydrogen (secondary N) is 3. The lowest BCUT2D eigenvalue weighted by molar-refractivity contribution is 0.0947. The summed E-state index contributed by atoms with van der Waals surface area (Å²) >= 11 is 0. The summed E-state index contributed by atoms with van der Waals surface area (Å²) in [6, 6.07) is 9.23. The molecule has 0 aliphatic carbocycles. The number of carbonyl (C=O) groups excluding carboxylic acids is 1. The number of methoxy groups -OCH3 is 1. The molecule has 6 nitrogen and oxygen atoms in total. The zero-order valence-corrected chi connectivity index (χ0v) is 10.9. The molecule has 3 N–H and O–H groups in total. The Kier molecular flexibility index (Phi) is 3.12. The van der Waals surface area contributed by atoms with Gasteiger partial charge in [-0.2, -0.15) is 5.10 Å². The van der Waals surface area contributed by atoms with Gasteiger partial charge in [0.25, 0.3) is 5.91 Å². The predicted octanol–water partition coefficient (Wildman–Crippen LogP) is 1.83. The van der Waals surface area contributed by atoms with Crippen molar-refractivity contribution < 1.29 is 9.53 Å². The van der Waals surface area contributed by atoms with Gasteiger partial charge in [0.1, 0.15) is 5.75 Å². The van der Waals surface area contributed by atoms with Gasteiger partial charge in [0.2, 0.25) is 0 Å². The largest absolute Gasteiger partial charge is 0.497 e. The van der Waals surface area contributed by atoms with E-state index >= 15 is 0 Å². The number of H-pyrrole nitrogens is 2. The molecule has 0 fully saturated rings. The Balaban J connectivity index is 1.81. The molecule has 20 heavy (non-hydrogen) atoms. The van der Waals surface area contributed by atoms with Crippen molar-refractivity contribution in [3.8, 4) is 5.75 Å². The van der Waals surface area contributed by atoms with Crippen LogP contribution in [0.4, 0.5) is 0 Å². The van der Waals surface area contributed by atoms with Crippen molar-refractivity contribution in [3.05, 3.63) is 47.9 Å². The first-order valence-electron chi connectivity index (χ1n) is 6.20. The van der Waals surface area contributed by atoms with Gasteiger partial charge in [-0.3, -0.25) is 9.89 Å². The van der Waals surface area contributed by atoms with Crippen LogP contribution in [0, 0.1) is 0 Å². The minimum Gasteiger partial charge on any atom is -0.497 e. The van der Waals surface area contributed by atoms with Gasteiger partial charge < -0.3 is 15.0 Å². The second-order valence-corrected chi connectivity index (χ2v) is 4.36. The Morgan fingerprint density at radius 1 is 1.40 bits per heavy atom. The maximum Gasteiger partial charge on any atom is 0.272 e. The molecule has 0 aliphatic rings. The van der Waals surface area contributed by atoms with Crippen LogP contribution in [0.1, 0.15) is 16.2 Å². The highest BCUT2D eigenvalue weighted by molar-refractivity contribution is 6.04. The summed E-state index contributed by atoms with van der Waals surface area (Å²) in [4.78, 5) is 15.2. The maximum absolute atomic E-state index is 12.1. The highest BCUT2D eigenvalue weighted by Crippen LogP contribution is 2.21. The third-order valence-corrected chi connectivity index (χ3v) is 3.09. The van der Waals surface area contributed by atoms with E-state index in [0.29, 0.717) is 12.2 Å². The van der Waals surface area contributed by atoms with E-state index in [1.54, 1.807) is 13.2 Å². The van der Waals surface area contributed by atoms with Gasteiger partial charge in [-0.25, -0.2) is 0 Å². The Hall–Kier alpha value is -2.76. The van der Waals surface area contributed by atoms with E-state index in [0.717, 1.165) is 22.3 Å². The van der Waals surface area contributed by atoms with Gasteiger partial charge in [-0.15, -0.1) is 0 Å². The second-order valence-electron chi connectivity index (χ2n) is 4.36. The molecular weight excluding hydrogens is 256 g/mol. The van der Waals surface area contributed by atoms with Gasteiger partial charge in [0, 0.05) is 23.3 Å². The maximum atomic E-state index is 12.1. The topological polar surface area (TPSA) is 82.8 Å². The quantitative estimate of drug-likeness (QED) is 0.676. The van der Waals surface area contributed by atoms with Crippen molar-refractivity contribution in [1.82, 2.24) is 20.5 Å². The van der Waals surface area contributed by atoms with Crippen LogP contribution in [0.15, 0.2) is 36.5 Å². The molecule has 6 heteroatoms. The number of carbonyl (C=O) groups is 1. The lowest BCUT2D eigenvalue weighted by Gasteiger charge is -2.02. The molecule has 0 spiro atoms. The number of ether oxygens (including phenoxy) is 1. The number of hydrogen-bond acceptors (Lipinski definition) is 3. The first-order chi connectivity index (χ1) is 9.78. The number of nitrogens with zero attached hydrogens (tertiary/aromatic N) is 1. The molecule has 2 aromatic heterocycles. The number of fused-ring (bicyclic) bond motifs is 1. The van der Waals surface area contributed by atoms with Crippen molar-refractivity contribution in [2.75, 3.05) is 7.11 Å². The fraction of sp³-hybridized carbons (Fsp3) is 0.143. The number of benzene rings is 1. The lowest BCUT2D eigenvalue weighted by atomic mass is 10.2. The first kappa shape index (κ1) is 12.3. The van der Waals surface area contributed by atoms with E-state index in [-0.39, 0.29) is 5.91 Å². The molecule has 1 amide bonds. The fourth-order valence-corrected chi connectivity index (χ4v) is 2.04. The molecule has 0 atom stereocenters. The van der Waals surface area contributed by atoms with Crippen LogP contribution in [-0.2, 0) is 6.54 Å². The summed E-state index contributed by atoms with van der Waals surface area (Å²) in [6.07, 6.45) is 1.82. The molecule has 0 saturated carbocycles. The normalized spacial score (nSPS) is 10.7. The van der Waals surface area contributed by atoms with Crippen molar-refractivity contribution in [2.45, 2.75) is 6.54 Å². The fourth-order valence-electron chi connectivity index (χ4n) is 2.04. The summed E-state index contributed by atoms with van der Waals surface area (Å²) in [5.41, 5.74) is 2.10. The average Bonchev–Trinajstić information content (AvgIpc) is 3.13. The van der Waals surface area contributed by atoms with E-state index in [1.165, 1.54) is 0 Å². The van der Waals surface area contributed by atoms with E-state index in [1.807, 2.05) is 30.5 Å². The molecule has 0 bridgehead atoms. The van der Waals surface area contributed by atoms with Gasteiger partial charge >= 0.3 is 0 Å². The Bertz CT molecular complexity index is 731. The standard InChI is InChI=1S/C14H14N4O2/c1-20-10-4-5-11-12(7-10)17-18-13(11)14(19)16-8-9-3-2-6-15-9/h2-7,15H,8H2,1H3,(H,16,19)(H,17,18). The number of aromatic amines is 2. The van der Waals surface area contributed by atoms with Gasteiger partial charge in [-0.1, -0.05) is 0 Å². The summed E-state index contributed by atoms with van der Waals surface area (Å²) < 4.78 is 5.14. The third kappa shape index (κ3) is 2.23. The SMILES string of the molecule is COc1ccc2c(C(=O)NCc3ccc[nH]3)n[nH]c2c1. The van der Waals surface area contributed by atoms with Crippen LogP contribution in [-0.4, -0.2) is 28.2 Å². The van der Waals surface area contributed by atoms with E-state index in [2.05, 4.69) is 20.5 Å². The van der Waals surface area contributed by atoms with Crippen molar-refractivity contribution in [2.24, 2.45) is 0 Å². The van der Waals surface area contributed by atoms with Gasteiger partial charge in [-0.05, 0) is 24.3 Å². The Labute approximate surface area is 115 Å². The summed E-state index contributed by atoms with van der Waals surface area (Å²) in [5.74, 6) is 0.510. The predicted molar refractivity (Wildman–Crippen MR) is 74.6 cm³/mol. The van der Waals surface area contributed by atoms with Crippen LogP contribution in [0.25, 0.3) is 10.9 Å². The Morgan fingerprint density at radius 2 is 2.30 bits per heavy atom. The molecule has 0 radical (unpaired) electrons. The van der Waals surface area contributed by atoms with Crippen LogP contribution >= 0.6 is 0 Å². The highest BCUT2D eigenvalue weighted by atomic mass is 16.5. The van der Waals surface area contributed by atoms with Crippen molar-refractivity contribution in [3.63, 3.8) is 0 Å². The molecule has 0 saturated heterocycles. The summed E-state index contributed by atoms with van der Waals surface area (Å²) in [7, 11) is 1.60. The monoisotopic (exact) mass is 270 g/mol. The van der Waals surface area contributed by atoms with Crippen LogP contribution in [0.2, 0.25) is 0 Å². The minimum absolute atomic E-state index is 0.212. The molecule has 1 aromatic carbocycles. The molecule has 2 heterocycles. The van der Waals surface area contributed by atoms with Crippen molar-refractivity contribution in [1.29, 1.82) is 0 Å². The molecule has 0 aliphatic heterocycles. The lowest BCUT2D eigenvalue weighted by Crippen LogP contribution is -2.23. The minimum atomic E-state index is -0.212. The zero-order valence-electron chi connectivity index (χ0n) is 10.9. The van der Waals surface area contributed by atoms with Gasteiger partial charge in [0.05, 0.1) is 19.2 Å². The number of amides is 1. The van der Waals surface area contributed by atoms with Gasteiger partial charge in [0.15, 0.2) is 5.69 Å². The average molecular weight is 270 g/mol. The van der Waals surface area contributed by atoms with Crippen LogP contribution < -0.4 is 10.1 Å². The number of aromatic nitrogens is 3. The van der Waals surface area contributed by atoms with Crippen molar-refractivity contribution >= 4 is 16.8 Å². The smallest absolute Gasteiger partial charge is 0.272 e. The van der Waals surface area contributed by atoms with E-state index in [9.17, 15) is 4.79 Å². The van der Waals surface area contributed by atoms with E-state index in [4.69, 9.17) is 4.74 Å². The third-order valence-electron chi connectivity index (χ3n) is 3.09. The molecule has 0 unspecified atom stereocenters. The van der Waals surface area contributed by atoms with Crippen LogP contribution in [0.5, 0.6) is 5.75 Å². The Morgan fingerprint density at radius 3 is 3.05 bits per heavy atom.